The number of primary amides is 1. The normalized spacial score (nSPS) is 12.5. The standard InChI is InChI=1S/C19H39NO/c1-3-5-7-8-9-10-11-12-13-15-17-18(19(20)21)16-14-6-4-2/h18H,3-17H2,1-2H3,(H2,20,21). The van der Waals surface area contributed by atoms with Crippen LogP contribution in [0.5, 0.6) is 0 Å². The molecule has 1 amide bonds. The van der Waals surface area contributed by atoms with E-state index in [4.69, 9.17) is 5.73 Å². The first-order chi connectivity index (χ1) is 10.2. The highest BCUT2D eigenvalue weighted by atomic mass is 16.1. The molecule has 2 N–H and O–H groups in total. The quantitative estimate of drug-likeness (QED) is 0.350. The Hall–Kier alpha value is -0.530. The molecule has 0 rings (SSSR count). The molecule has 126 valence electrons. The van der Waals surface area contributed by atoms with Gasteiger partial charge in [-0.3, -0.25) is 4.79 Å². The molecular formula is C19H39NO. The van der Waals surface area contributed by atoms with Crippen molar-refractivity contribution in [1.82, 2.24) is 0 Å². The van der Waals surface area contributed by atoms with E-state index in [9.17, 15) is 4.79 Å². The molecule has 0 saturated carbocycles. The van der Waals surface area contributed by atoms with E-state index in [1.165, 1.54) is 77.0 Å². The van der Waals surface area contributed by atoms with Crippen LogP contribution in [-0.2, 0) is 4.79 Å². The van der Waals surface area contributed by atoms with Gasteiger partial charge in [0.1, 0.15) is 0 Å². The first kappa shape index (κ1) is 20.5. The molecule has 0 aliphatic heterocycles. The van der Waals surface area contributed by atoms with Crippen LogP contribution in [0.3, 0.4) is 0 Å². The molecule has 21 heavy (non-hydrogen) atoms. The Labute approximate surface area is 133 Å². The Kier molecular flexibility index (Phi) is 15.5. The minimum atomic E-state index is -0.0815. The maximum absolute atomic E-state index is 11.4. The third-order valence-electron chi connectivity index (χ3n) is 4.46. The Morgan fingerprint density at radius 3 is 1.43 bits per heavy atom. The van der Waals surface area contributed by atoms with Crippen LogP contribution in [0.15, 0.2) is 0 Å². The largest absolute Gasteiger partial charge is 0.369 e. The summed E-state index contributed by atoms with van der Waals surface area (Å²) in [6.45, 7) is 4.46. The van der Waals surface area contributed by atoms with E-state index in [1.807, 2.05) is 0 Å². The number of hydrogen-bond acceptors (Lipinski definition) is 1. The third kappa shape index (κ3) is 14.2. The van der Waals surface area contributed by atoms with Gasteiger partial charge in [0.15, 0.2) is 0 Å². The Morgan fingerprint density at radius 2 is 1.00 bits per heavy atom. The zero-order valence-electron chi connectivity index (χ0n) is 14.7. The zero-order chi connectivity index (χ0) is 15.8. The fraction of sp³-hybridized carbons (Fsp3) is 0.947. The van der Waals surface area contributed by atoms with Gasteiger partial charge in [0.2, 0.25) is 5.91 Å². The van der Waals surface area contributed by atoms with E-state index in [2.05, 4.69) is 13.8 Å². The lowest BCUT2D eigenvalue weighted by Gasteiger charge is -2.12. The van der Waals surface area contributed by atoms with E-state index in [0.29, 0.717) is 0 Å². The molecule has 0 fully saturated rings. The summed E-state index contributed by atoms with van der Waals surface area (Å²) in [7, 11) is 0. The second kappa shape index (κ2) is 15.9. The first-order valence-electron chi connectivity index (χ1n) is 9.51. The van der Waals surface area contributed by atoms with Crippen LogP contribution < -0.4 is 5.73 Å². The maximum Gasteiger partial charge on any atom is 0.220 e. The molecule has 0 spiro atoms. The predicted octanol–water partition coefficient (Wildman–Crippen LogP) is 5.98. The molecule has 0 aromatic rings. The third-order valence-corrected chi connectivity index (χ3v) is 4.46. The van der Waals surface area contributed by atoms with Crippen molar-refractivity contribution in [3.05, 3.63) is 0 Å². The van der Waals surface area contributed by atoms with Gasteiger partial charge in [-0.2, -0.15) is 0 Å². The summed E-state index contributed by atoms with van der Waals surface area (Å²) in [6.07, 6.45) is 19.1. The van der Waals surface area contributed by atoms with Crippen LogP contribution in [-0.4, -0.2) is 5.91 Å². The number of rotatable bonds is 16. The summed E-state index contributed by atoms with van der Waals surface area (Å²) in [6, 6.07) is 0. The van der Waals surface area contributed by atoms with Crippen molar-refractivity contribution in [3.63, 3.8) is 0 Å². The van der Waals surface area contributed by atoms with E-state index in [0.717, 1.165) is 19.3 Å². The van der Waals surface area contributed by atoms with Gasteiger partial charge in [0.05, 0.1) is 0 Å². The number of carbonyl (C=O) groups excluding carboxylic acids is 1. The molecule has 0 radical (unpaired) electrons. The van der Waals surface area contributed by atoms with Crippen molar-refractivity contribution in [2.75, 3.05) is 0 Å². The highest BCUT2D eigenvalue weighted by Gasteiger charge is 2.13. The Bertz CT molecular complexity index is 228. The van der Waals surface area contributed by atoms with Crippen molar-refractivity contribution in [3.8, 4) is 0 Å². The zero-order valence-corrected chi connectivity index (χ0v) is 14.7. The summed E-state index contributed by atoms with van der Waals surface area (Å²) >= 11 is 0. The Balaban J connectivity index is 3.39. The smallest absolute Gasteiger partial charge is 0.220 e. The first-order valence-corrected chi connectivity index (χ1v) is 9.51. The van der Waals surface area contributed by atoms with E-state index >= 15 is 0 Å². The average Bonchev–Trinajstić information content (AvgIpc) is 2.47. The molecule has 2 nitrogen and oxygen atoms in total. The van der Waals surface area contributed by atoms with Crippen LogP contribution >= 0.6 is 0 Å². The summed E-state index contributed by atoms with van der Waals surface area (Å²) in [4.78, 5) is 11.4. The van der Waals surface area contributed by atoms with Gasteiger partial charge < -0.3 is 5.73 Å². The molecule has 0 aromatic carbocycles. The second-order valence-electron chi connectivity index (χ2n) is 6.57. The van der Waals surface area contributed by atoms with Crippen molar-refractivity contribution < 1.29 is 4.79 Å². The number of carbonyl (C=O) groups is 1. The van der Waals surface area contributed by atoms with Gasteiger partial charge in [0.25, 0.3) is 0 Å². The van der Waals surface area contributed by atoms with E-state index < -0.39 is 0 Å². The monoisotopic (exact) mass is 297 g/mol. The number of hydrogen-bond donors (Lipinski definition) is 1. The summed E-state index contributed by atoms with van der Waals surface area (Å²) < 4.78 is 0. The highest BCUT2D eigenvalue weighted by Crippen LogP contribution is 2.18. The van der Waals surface area contributed by atoms with Gasteiger partial charge in [-0.25, -0.2) is 0 Å². The van der Waals surface area contributed by atoms with Crippen LogP contribution in [0.2, 0.25) is 0 Å². The van der Waals surface area contributed by atoms with Gasteiger partial charge in [-0.15, -0.1) is 0 Å². The van der Waals surface area contributed by atoms with Crippen LogP contribution in [0.25, 0.3) is 0 Å². The van der Waals surface area contributed by atoms with Crippen molar-refractivity contribution in [2.45, 2.75) is 110 Å². The van der Waals surface area contributed by atoms with E-state index in [-0.39, 0.29) is 11.8 Å². The SMILES string of the molecule is CCCCCCCCCCCCC(CCCCC)C(N)=O. The lowest BCUT2D eigenvalue weighted by atomic mass is 9.94. The van der Waals surface area contributed by atoms with Gasteiger partial charge in [-0.1, -0.05) is 97.3 Å². The van der Waals surface area contributed by atoms with Gasteiger partial charge in [0, 0.05) is 5.92 Å². The van der Waals surface area contributed by atoms with E-state index in [1.54, 1.807) is 0 Å². The second-order valence-corrected chi connectivity index (χ2v) is 6.57. The molecule has 1 unspecified atom stereocenters. The minimum Gasteiger partial charge on any atom is -0.369 e. The van der Waals surface area contributed by atoms with Gasteiger partial charge in [-0.05, 0) is 12.8 Å². The summed E-state index contributed by atoms with van der Waals surface area (Å²) in [5, 5.41) is 0. The minimum absolute atomic E-state index is 0.0815. The fourth-order valence-corrected chi connectivity index (χ4v) is 2.95. The summed E-state index contributed by atoms with van der Waals surface area (Å²) in [5.74, 6) is 0.0487. The number of amides is 1. The Morgan fingerprint density at radius 1 is 0.667 bits per heavy atom. The van der Waals surface area contributed by atoms with Crippen LogP contribution in [0, 0.1) is 5.92 Å². The molecule has 0 heterocycles. The molecule has 0 aliphatic rings. The number of unbranched alkanes of at least 4 members (excludes halogenated alkanes) is 11. The molecule has 0 aromatic heterocycles. The molecule has 0 saturated heterocycles. The van der Waals surface area contributed by atoms with Crippen LogP contribution in [0.1, 0.15) is 110 Å². The lowest BCUT2D eigenvalue weighted by Crippen LogP contribution is -2.23. The topological polar surface area (TPSA) is 43.1 Å². The molecular weight excluding hydrogens is 258 g/mol. The van der Waals surface area contributed by atoms with Crippen LogP contribution in [0.4, 0.5) is 0 Å². The lowest BCUT2D eigenvalue weighted by molar-refractivity contribution is -0.122. The van der Waals surface area contributed by atoms with Gasteiger partial charge >= 0.3 is 0 Å². The molecule has 0 aliphatic carbocycles. The molecule has 1 atom stereocenters. The average molecular weight is 298 g/mol. The fourth-order valence-electron chi connectivity index (χ4n) is 2.95. The van der Waals surface area contributed by atoms with Crippen molar-refractivity contribution in [1.29, 1.82) is 0 Å². The molecule has 0 bridgehead atoms. The van der Waals surface area contributed by atoms with Crippen molar-refractivity contribution in [2.24, 2.45) is 11.7 Å². The predicted molar refractivity (Wildman–Crippen MR) is 93.3 cm³/mol. The molecule has 2 heteroatoms. The van der Waals surface area contributed by atoms with Crippen molar-refractivity contribution >= 4 is 5.91 Å². The highest BCUT2D eigenvalue weighted by molar-refractivity contribution is 5.76. The summed E-state index contributed by atoms with van der Waals surface area (Å²) in [5.41, 5.74) is 5.50. The maximum atomic E-state index is 11.4. The number of nitrogens with two attached hydrogens (primary N) is 1.